The van der Waals surface area contributed by atoms with Crippen LogP contribution in [0, 0.1) is 11.8 Å². The molecule has 0 aliphatic carbocycles. The Hall–Kier alpha value is -1.40. The Kier molecular flexibility index (Phi) is 5.97. The van der Waals surface area contributed by atoms with Gasteiger partial charge in [0.1, 0.15) is 0 Å². The topological polar surface area (TPSA) is 61.4 Å². The maximum Gasteiger partial charge on any atom is 0.270 e. The van der Waals surface area contributed by atoms with Crippen molar-refractivity contribution >= 4 is 27.7 Å². The van der Waals surface area contributed by atoms with Crippen LogP contribution in [0.2, 0.25) is 0 Å². The van der Waals surface area contributed by atoms with Gasteiger partial charge in [0.05, 0.1) is 12.1 Å². The van der Waals surface area contributed by atoms with E-state index in [-0.39, 0.29) is 11.8 Å². The van der Waals surface area contributed by atoms with Crippen molar-refractivity contribution in [3.63, 3.8) is 0 Å². The molecule has 1 aromatic carbocycles. The second kappa shape index (κ2) is 7.74. The summed E-state index contributed by atoms with van der Waals surface area (Å²) in [5, 5.41) is 0. The molecule has 0 aromatic heterocycles. The monoisotopic (exact) mass is 367 g/mol. The molecule has 1 aliphatic rings. The molecule has 0 bridgehead atoms. The second-order valence-corrected chi connectivity index (χ2v) is 6.98. The number of likely N-dealkylation sites (tertiary alicyclic amines) is 1. The zero-order chi connectivity index (χ0) is 16.1. The molecule has 2 atom stereocenters. The van der Waals surface area contributed by atoms with E-state index in [4.69, 9.17) is 0 Å². The standard InChI is InChI=1S/C16H22BrN3O2/c1-11-7-12(2)9-20(8-11)10-15(21)18-19-16(22)13-5-3-4-6-14(13)17/h3-6,11-12H,7-10H2,1-2H3,(H,18,21)(H,19,22)/t11-,12-/m1/s1. The van der Waals surface area contributed by atoms with Crippen LogP contribution in [0.15, 0.2) is 28.7 Å². The molecule has 0 radical (unpaired) electrons. The summed E-state index contributed by atoms with van der Waals surface area (Å²) in [6.07, 6.45) is 1.21. The van der Waals surface area contributed by atoms with Gasteiger partial charge in [-0.1, -0.05) is 26.0 Å². The van der Waals surface area contributed by atoms with E-state index in [0.29, 0.717) is 28.4 Å². The lowest BCUT2D eigenvalue weighted by Gasteiger charge is -2.34. The Balaban J connectivity index is 1.80. The van der Waals surface area contributed by atoms with Crippen molar-refractivity contribution in [1.29, 1.82) is 0 Å². The largest absolute Gasteiger partial charge is 0.294 e. The van der Waals surface area contributed by atoms with Gasteiger partial charge < -0.3 is 0 Å². The van der Waals surface area contributed by atoms with Crippen molar-refractivity contribution < 1.29 is 9.59 Å². The van der Waals surface area contributed by atoms with Crippen LogP contribution in [-0.2, 0) is 4.79 Å². The summed E-state index contributed by atoms with van der Waals surface area (Å²) in [6, 6.07) is 7.09. The number of hydrogen-bond acceptors (Lipinski definition) is 3. The molecule has 5 nitrogen and oxygen atoms in total. The fraction of sp³-hybridized carbons (Fsp3) is 0.500. The first-order valence-corrected chi connectivity index (χ1v) is 8.31. The van der Waals surface area contributed by atoms with Crippen molar-refractivity contribution in [2.75, 3.05) is 19.6 Å². The van der Waals surface area contributed by atoms with Gasteiger partial charge in [-0.15, -0.1) is 0 Å². The Morgan fingerprint density at radius 3 is 2.45 bits per heavy atom. The first kappa shape index (κ1) is 17.0. The van der Waals surface area contributed by atoms with Crippen LogP contribution in [0.1, 0.15) is 30.6 Å². The molecule has 0 saturated carbocycles. The maximum atomic E-state index is 12.0. The van der Waals surface area contributed by atoms with Crippen molar-refractivity contribution in [3.8, 4) is 0 Å². The number of carbonyl (C=O) groups is 2. The predicted octanol–water partition coefficient (Wildman–Crippen LogP) is 2.19. The van der Waals surface area contributed by atoms with Gasteiger partial charge in [-0.2, -0.15) is 0 Å². The van der Waals surface area contributed by atoms with E-state index in [1.807, 2.05) is 6.07 Å². The van der Waals surface area contributed by atoms with E-state index < -0.39 is 0 Å². The number of nitrogens with one attached hydrogen (secondary N) is 2. The Morgan fingerprint density at radius 1 is 1.18 bits per heavy atom. The molecular weight excluding hydrogens is 346 g/mol. The third kappa shape index (κ3) is 4.81. The highest BCUT2D eigenvalue weighted by Crippen LogP contribution is 2.20. The van der Waals surface area contributed by atoms with Crippen molar-refractivity contribution in [3.05, 3.63) is 34.3 Å². The molecule has 2 N–H and O–H groups in total. The minimum atomic E-state index is -0.332. The van der Waals surface area contributed by atoms with E-state index in [2.05, 4.69) is 45.5 Å². The molecule has 2 amide bonds. The minimum absolute atomic E-state index is 0.193. The molecule has 0 spiro atoms. The van der Waals surface area contributed by atoms with Crippen LogP contribution >= 0.6 is 15.9 Å². The molecule has 1 heterocycles. The van der Waals surface area contributed by atoms with Gasteiger partial charge in [-0.05, 0) is 46.3 Å². The number of nitrogens with zero attached hydrogens (tertiary/aromatic N) is 1. The zero-order valence-electron chi connectivity index (χ0n) is 12.9. The maximum absolute atomic E-state index is 12.0. The smallest absolute Gasteiger partial charge is 0.270 e. The summed E-state index contributed by atoms with van der Waals surface area (Å²) < 4.78 is 0.695. The number of halogens is 1. The molecule has 22 heavy (non-hydrogen) atoms. The number of carbonyl (C=O) groups excluding carboxylic acids is 2. The molecule has 0 unspecified atom stereocenters. The fourth-order valence-corrected chi connectivity index (χ4v) is 3.47. The van der Waals surface area contributed by atoms with E-state index in [9.17, 15) is 9.59 Å². The zero-order valence-corrected chi connectivity index (χ0v) is 14.5. The van der Waals surface area contributed by atoms with Crippen molar-refractivity contribution in [2.24, 2.45) is 11.8 Å². The first-order valence-electron chi connectivity index (χ1n) is 7.51. The van der Waals surface area contributed by atoms with Crippen LogP contribution in [0.25, 0.3) is 0 Å². The summed E-state index contributed by atoms with van der Waals surface area (Å²) >= 11 is 3.31. The quantitative estimate of drug-likeness (QED) is 0.804. The molecule has 6 heteroatoms. The van der Waals surface area contributed by atoms with Crippen LogP contribution < -0.4 is 10.9 Å². The number of hydrogen-bond donors (Lipinski definition) is 2. The van der Waals surface area contributed by atoms with E-state index in [1.54, 1.807) is 18.2 Å². The lowest BCUT2D eigenvalue weighted by molar-refractivity contribution is -0.123. The minimum Gasteiger partial charge on any atom is -0.294 e. The van der Waals surface area contributed by atoms with E-state index >= 15 is 0 Å². The molecule has 1 saturated heterocycles. The number of benzene rings is 1. The predicted molar refractivity (Wildman–Crippen MR) is 89.1 cm³/mol. The van der Waals surface area contributed by atoms with E-state index in [1.165, 1.54) is 6.42 Å². The third-order valence-electron chi connectivity index (χ3n) is 3.75. The van der Waals surface area contributed by atoms with Crippen LogP contribution in [0.3, 0.4) is 0 Å². The van der Waals surface area contributed by atoms with Gasteiger partial charge in [0.2, 0.25) is 0 Å². The average molecular weight is 368 g/mol. The van der Waals surface area contributed by atoms with Gasteiger partial charge in [0.25, 0.3) is 11.8 Å². The normalized spacial score (nSPS) is 22.1. The van der Waals surface area contributed by atoms with Gasteiger partial charge >= 0.3 is 0 Å². The summed E-state index contributed by atoms with van der Waals surface area (Å²) in [6.45, 7) is 6.57. The molecule has 1 aliphatic heterocycles. The molecule has 120 valence electrons. The molecule has 2 rings (SSSR count). The Bertz CT molecular complexity index is 540. The summed E-state index contributed by atoms with van der Waals surface area (Å²) in [5.41, 5.74) is 5.43. The number of piperidine rings is 1. The highest BCUT2D eigenvalue weighted by Gasteiger charge is 2.23. The summed E-state index contributed by atoms with van der Waals surface area (Å²) in [4.78, 5) is 26.1. The number of hydrazine groups is 1. The van der Waals surface area contributed by atoms with Gasteiger partial charge in [-0.3, -0.25) is 25.3 Å². The van der Waals surface area contributed by atoms with E-state index in [0.717, 1.165) is 13.1 Å². The second-order valence-electron chi connectivity index (χ2n) is 6.12. The van der Waals surface area contributed by atoms with Crippen LogP contribution in [0.5, 0.6) is 0 Å². The van der Waals surface area contributed by atoms with Crippen molar-refractivity contribution in [1.82, 2.24) is 15.8 Å². The van der Waals surface area contributed by atoms with Gasteiger partial charge in [0, 0.05) is 17.6 Å². The highest BCUT2D eigenvalue weighted by atomic mass is 79.9. The third-order valence-corrected chi connectivity index (χ3v) is 4.44. The molecule has 1 aromatic rings. The van der Waals surface area contributed by atoms with Crippen LogP contribution in [0.4, 0.5) is 0 Å². The summed E-state index contributed by atoms with van der Waals surface area (Å²) in [5.74, 6) is 0.681. The molecule has 1 fully saturated rings. The van der Waals surface area contributed by atoms with Crippen molar-refractivity contribution in [2.45, 2.75) is 20.3 Å². The Morgan fingerprint density at radius 2 is 1.82 bits per heavy atom. The van der Waals surface area contributed by atoms with Gasteiger partial charge in [0.15, 0.2) is 0 Å². The number of rotatable bonds is 3. The SMILES string of the molecule is C[C@@H]1C[C@@H](C)CN(CC(=O)NNC(=O)c2ccccc2Br)C1. The van der Waals surface area contributed by atoms with Crippen LogP contribution in [-0.4, -0.2) is 36.3 Å². The highest BCUT2D eigenvalue weighted by molar-refractivity contribution is 9.10. The Labute approximate surface area is 139 Å². The number of amides is 2. The fourth-order valence-electron chi connectivity index (χ4n) is 3.00. The van der Waals surface area contributed by atoms with Gasteiger partial charge in [-0.25, -0.2) is 0 Å². The lowest BCUT2D eigenvalue weighted by atomic mass is 9.92. The average Bonchev–Trinajstić information content (AvgIpc) is 2.44. The lowest BCUT2D eigenvalue weighted by Crippen LogP contribution is -2.49. The first-order chi connectivity index (χ1) is 10.5. The summed E-state index contributed by atoms with van der Waals surface area (Å²) in [7, 11) is 0. The molecular formula is C16H22BrN3O2.